The van der Waals surface area contributed by atoms with E-state index in [4.69, 9.17) is 11.6 Å². The van der Waals surface area contributed by atoms with Crippen LogP contribution in [0.4, 0.5) is 10.1 Å². The lowest BCUT2D eigenvalue weighted by Gasteiger charge is -2.32. The normalized spacial score (nSPS) is 16.2. The molecular weight excluding hydrogens is 417 g/mol. The van der Waals surface area contributed by atoms with Crippen molar-refractivity contribution < 1.29 is 17.6 Å². The quantitative estimate of drug-likeness (QED) is 0.754. The summed E-state index contributed by atoms with van der Waals surface area (Å²) in [5.74, 6) is -0.823. The van der Waals surface area contributed by atoms with Gasteiger partial charge in [-0.25, -0.2) is 12.8 Å². The van der Waals surface area contributed by atoms with Gasteiger partial charge in [0.1, 0.15) is 5.82 Å². The van der Waals surface area contributed by atoms with E-state index in [9.17, 15) is 17.6 Å². The fourth-order valence-electron chi connectivity index (χ4n) is 2.93. The average Bonchev–Trinajstić information content (AvgIpc) is 2.70. The highest BCUT2D eigenvalue weighted by Crippen LogP contribution is 2.19. The maximum absolute atomic E-state index is 13.2. The van der Waals surface area contributed by atoms with Crippen LogP contribution in [0, 0.1) is 5.82 Å². The highest BCUT2D eigenvalue weighted by molar-refractivity contribution is 7.92. The lowest BCUT2D eigenvalue weighted by molar-refractivity contribution is -0.117. The van der Waals surface area contributed by atoms with Crippen LogP contribution in [-0.4, -0.2) is 56.3 Å². The number of anilines is 1. The Morgan fingerprint density at radius 2 is 1.79 bits per heavy atom. The van der Waals surface area contributed by atoms with Crippen LogP contribution in [0.25, 0.3) is 6.08 Å². The Kier molecular flexibility index (Phi) is 7.02. The summed E-state index contributed by atoms with van der Waals surface area (Å²) in [6.07, 6.45) is 1.57. The van der Waals surface area contributed by atoms with Gasteiger partial charge in [0.25, 0.3) is 0 Å². The van der Waals surface area contributed by atoms with Crippen LogP contribution in [0.3, 0.4) is 0 Å². The molecule has 0 spiro atoms. The Bertz CT molecular complexity index is 991. The Morgan fingerprint density at radius 3 is 2.45 bits per heavy atom. The summed E-state index contributed by atoms with van der Waals surface area (Å²) < 4.78 is 39.6. The van der Waals surface area contributed by atoms with Crippen molar-refractivity contribution in [2.75, 3.05) is 38.0 Å². The molecule has 0 saturated carbocycles. The third-order valence-electron chi connectivity index (χ3n) is 4.49. The Balaban J connectivity index is 1.50. The molecule has 9 heteroatoms. The molecular formula is C20H21ClFN3O3S. The van der Waals surface area contributed by atoms with E-state index in [2.05, 4.69) is 5.32 Å². The van der Waals surface area contributed by atoms with E-state index in [1.54, 1.807) is 6.08 Å². The smallest absolute Gasteiger partial charge is 0.238 e. The Labute approximate surface area is 174 Å². The van der Waals surface area contributed by atoms with E-state index in [0.29, 0.717) is 31.9 Å². The van der Waals surface area contributed by atoms with Crippen molar-refractivity contribution >= 4 is 39.3 Å². The topological polar surface area (TPSA) is 69.7 Å². The molecule has 3 rings (SSSR count). The van der Waals surface area contributed by atoms with Crippen molar-refractivity contribution in [3.05, 3.63) is 70.3 Å². The zero-order valence-electron chi connectivity index (χ0n) is 15.6. The van der Waals surface area contributed by atoms with Crippen molar-refractivity contribution in [2.45, 2.75) is 0 Å². The van der Waals surface area contributed by atoms with Crippen LogP contribution in [0.1, 0.15) is 5.56 Å². The van der Waals surface area contributed by atoms with Crippen molar-refractivity contribution in [2.24, 2.45) is 0 Å². The first-order valence-corrected chi connectivity index (χ1v) is 10.9. The van der Waals surface area contributed by atoms with E-state index in [-0.39, 0.29) is 17.5 Å². The minimum atomic E-state index is -3.52. The molecule has 0 bridgehead atoms. The molecule has 6 nitrogen and oxygen atoms in total. The molecule has 1 aliphatic rings. The summed E-state index contributed by atoms with van der Waals surface area (Å²) in [4.78, 5) is 14.1. The largest absolute Gasteiger partial charge is 0.325 e. The highest BCUT2D eigenvalue weighted by Gasteiger charge is 2.26. The number of nitrogens with zero attached hydrogens (tertiary/aromatic N) is 2. The molecule has 0 aromatic heterocycles. The number of hydrogen-bond donors (Lipinski definition) is 1. The van der Waals surface area contributed by atoms with Crippen LogP contribution in [0.5, 0.6) is 0 Å². The van der Waals surface area contributed by atoms with Crippen LogP contribution in [-0.2, 0) is 14.8 Å². The van der Waals surface area contributed by atoms with Gasteiger partial charge in [0.15, 0.2) is 0 Å². The van der Waals surface area contributed by atoms with Gasteiger partial charge < -0.3 is 5.32 Å². The summed E-state index contributed by atoms with van der Waals surface area (Å²) in [5.41, 5.74) is 1.22. The molecule has 1 amide bonds. The number of carbonyl (C=O) groups excluding carboxylic acids is 1. The lowest BCUT2D eigenvalue weighted by Crippen LogP contribution is -2.49. The number of carbonyl (C=O) groups is 1. The number of nitrogens with one attached hydrogen (secondary N) is 1. The van der Waals surface area contributed by atoms with Gasteiger partial charge in [0.2, 0.25) is 15.9 Å². The molecule has 0 radical (unpaired) electrons. The molecule has 1 heterocycles. The molecule has 154 valence electrons. The Morgan fingerprint density at radius 1 is 1.10 bits per heavy atom. The van der Waals surface area contributed by atoms with Gasteiger partial charge in [-0.2, -0.15) is 4.31 Å². The van der Waals surface area contributed by atoms with Gasteiger partial charge in [-0.3, -0.25) is 9.69 Å². The van der Waals surface area contributed by atoms with E-state index < -0.39 is 15.8 Å². The van der Waals surface area contributed by atoms with Crippen molar-refractivity contribution in [1.29, 1.82) is 0 Å². The standard InChI is InChI=1S/C20H21ClFN3O3S/c21-18-14-17(6-7-19(18)22)23-20(26)15-24-9-11-25(12-10-24)29(27,28)13-8-16-4-2-1-3-5-16/h1-8,13-14H,9-12,15H2,(H,23,26)/b13-8+. The van der Waals surface area contributed by atoms with E-state index in [0.717, 1.165) is 5.56 Å². The number of benzene rings is 2. The molecule has 1 fully saturated rings. The van der Waals surface area contributed by atoms with Crippen molar-refractivity contribution in [3.63, 3.8) is 0 Å². The third-order valence-corrected chi connectivity index (χ3v) is 6.35. The van der Waals surface area contributed by atoms with Gasteiger partial charge in [0.05, 0.1) is 11.6 Å². The molecule has 1 aliphatic heterocycles. The van der Waals surface area contributed by atoms with Crippen molar-refractivity contribution in [3.8, 4) is 0 Å². The van der Waals surface area contributed by atoms with E-state index in [1.165, 1.54) is 27.9 Å². The number of piperazine rings is 1. The van der Waals surface area contributed by atoms with E-state index in [1.807, 2.05) is 35.2 Å². The van der Waals surface area contributed by atoms with Crippen LogP contribution in [0.15, 0.2) is 53.9 Å². The molecule has 0 unspecified atom stereocenters. The zero-order chi connectivity index (χ0) is 20.9. The zero-order valence-corrected chi connectivity index (χ0v) is 17.2. The van der Waals surface area contributed by atoms with Gasteiger partial charge >= 0.3 is 0 Å². The van der Waals surface area contributed by atoms with Crippen molar-refractivity contribution in [1.82, 2.24) is 9.21 Å². The van der Waals surface area contributed by atoms with Gasteiger partial charge in [-0.1, -0.05) is 41.9 Å². The summed E-state index contributed by atoms with van der Waals surface area (Å²) in [5, 5.41) is 3.81. The molecule has 1 saturated heterocycles. The van der Waals surface area contributed by atoms with E-state index >= 15 is 0 Å². The van der Waals surface area contributed by atoms with Crippen LogP contribution < -0.4 is 5.32 Å². The lowest BCUT2D eigenvalue weighted by atomic mass is 10.2. The second kappa shape index (κ2) is 9.49. The number of rotatable bonds is 6. The Hall–Kier alpha value is -2.26. The molecule has 0 atom stereocenters. The number of hydrogen-bond acceptors (Lipinski definition) is 4. The minimum absolute atomic E-state index is 0.0646. The van der Waals surface area contributed by atoms with Gasteiger partial charge in [0, 0.05) is 37.3 Å². The molecule has 2 aromatic carbocycles. The van der Waals surface area contributed by atoms with Gasteiger partial charge in [-0.15, -0.1) is 0 Å². The highest BCUT2D eigenvalue weighted by atomic mass is 35.5. The summed E-state index contributed by atoms with van der Waals surface area (Å²) >= 11 is 5.71. The monoisotopic (exact) mass is 437 g/mol. The first-order valence-electron chi connectivity index (χ1n) is 9.04. The second-order valence-corrected chi connectivity index (χ2v) is 8.84. The first kappa shape index (κ1) is 21.4. The SMILES string of the molecule is O=C(CN1CCN(S(=O)(=O)/C=C/c2ccccc2)CC1)Nc1ccc(F)c(Cl)c1. The van der Waals surface area contributed by atoms with Crippen LogP contribution >= 0.6 is 11.6 Å². The first-order chi connectivity index (χ1) is 13.8. The number of halogens is 2. The summed E-state index contributed by atoms with van der Waals surface area (Å²) in [6.45, 7) is 1.60. The second-order valence-electron chi connectivity index (χ2n) is 6.61. The maximum Gasteiger partial charge on any atom is 0.238 e. The molecule has 29 heavy (non-hydrogen) atoms. The summed E-state index contributed by atoms with van der Waals surface area (Å²) in [6, 6.07) is 13.2. The third kappa shape index (κ3) is 6.11. The van der Waals surface area contributed by atoms with Crippen LogP contribution in [0.2, 0.25) is 5.02 Å². The number of amides is 1. The number of sulfonamides is 1. The predicted octanol–water partition coefficient (Wildman–Crippen LogP) is 3.04. The fraction of sp³-hybridized carbons (Fsp3) is 0.250. The minimum Gasteiger partial charge on any atom is -0.325 e. The average molecular weight is 438 g/mol. The molecule has 1 N–H and O–H groups in total. The molecule has 2 aromatic rings. The molecule has 0 aliphatic carbocycles. The van der Waals surface area contributed by atoms with Gasteiger partial charge in [-0.05, 0) is 29.8 Å². The summed E-state index contributed by atoms with van der Waals surface area (Å²) in [7, 11) is -3.52. The fourth-order valence-corrected chi connectivity index (χ4v) is 4.29. The maximum atomic E-state index is 13.2. The predicted molar refractivity (Wildman–Crippen MR) is 112 cm³/mol.